The quantitative estimate of drug-likeness (QED) is 0.361. The molecule has 0 spiro atoms. The molecule has 0 aliphatic heterocycles. The van der Waals surface area contributed by atoms with E-state index in [4.69, 9.17) is 0 Å². The summed E-state index contributed by atoms with van der Waals surface area (Å²) in [5.74, 6) is 0.431. The van der Waals surface area contributed by atoms with E-state index in [0.717, 1.165) is 28.8 Å². The zero-order chi connectivity index (χ0) is 21.0. The van der Waals surface area contributed by atoms with Crippen molar-refractivity contribution >= 4 is 25.8 Å². The number of benzene rings is 3. The van der Waals surface area contributed by atoms with E-state index in [9.17, 15) is 5.11 Å². The average molecular weight is 404 g/mol. The van der Waals surface area contributed by atoms with Crippen LogP contribution in [0.2, 0.25) is 0 Å². The van der Waals surface area contributed by atoms with Crippen molar-refractivity contribution in [3.8, 4) is 5.75 Å². The van der Waals surface area contributed by atoms with Crippen LogP contribution in [-0.2, 0) is 5.16 Å². The minimum Gasteiger partial charge on any atom is -0.507 e. The van der Waals surface area contributed by atoms with Gasteiger partial charge in [-0.1, -0.05) is 76.5 Å². The third-order valence-corrected chi connectivity index (χ3v) is 7.67. The number of hydrogen-bond donors (Lipinski definition) is 1. The molecule has 0 saturated carbocycles. The number of nitrogens with zero attached hydrogens (tertiary/aromatic N) is 1. The molecule has 3 aromatic rings. The Kier molecular flexibility index (Phi) is 6.55. The fourth-order valence-corrected chi connectivity index (χ4v) is 5.26. The van der Waals surface area contributed by atoms with Crippen molar-refractivity contribution in [3.05, 3.63) is 88.5 Å². The van der Waals surface area contributed by atoms with Gasteiger partial charge in [0.15, 0.2) is 0 Å². The molecule has 0 radical (unpaired) electrons. The highest BCUT2D eigenvalue weighted by Crippen LogP contribution is 2.48. The van der Waals surface area contributed by atoms with E-state index in [1.54, 1.807) is 0 Å². The highest BCUT2D eigenvalue weighted by Gasteiger charge is 2.30. The molecule has 0 saturated heterocycles. The zero-order valence-electron chi connectivity index (χ0n) is 18.0. The molecule has 2 unspecified atom stereocenters. The van der Waals surface area contributed by atoms with E-state index in [1.165, 1.54) is 16.4 Å². The van der Waals surface area contributed by atoms with Crippen molar-refractivity contribution in [1.29, 1.82) is 0 Å². The fourth-order valence-electron chi connectivity index (χ4n) is 3.63. The van der Waals surface area contributed by atoms with Crippen LogP contribution < -0.4 is 5.30 Å². The van der Waals surface area contributed by atoms with Crippen molar-refractivity contribution < 1.29 is 5.11 Å². The molecule has 2 atom stereocenters. The molecule has 3 rings (SSSR count). The van der Waals surface area contributed by atoms with Gasteiger partial charge in [0.2, 0.25) is 0 Å². The Labute approximate surface area is 176 Å². The largest absolute Gasteiger partial charge is 0.507 e. The maximum Gasteiger partial charge on any atom is 0.122 e. The van der Waals surface area contributed by atoms with Gasteiger partial charge in [-0.25, -0.2) is 0 Å². The summed E-state index contributed by atoms with van der Waals surface area (Å²) in [4.78, 5) is 4.68. The monoisotopic (exact) mass is 403 g/mol. The van der Waals surface area contributed by atoms with Gasteiger partial charge in [0.25, 0.3) is 0 Å². The van der Waals surface area contributed by atoms with Crippen LogP contribution in [0.3, 0.4) is 0 Å². The lowest BCUT2D eigenvalue weighted by molar-refractivity contribution is 0.452. The van der Waals surface area contributed by atoms with Crippen LogP contribution >= 0.6 is 8.58 Å². The van der Waals surface area contributed by atoms with Crippen LogP contribution in [0.4, 0.5) is 5.69 Å². The van der Waals surface area contributed by atoms with E-state index < -0.39 is 0 Å². The molecule has 0 heterocycles. The molecule has 0 fully saturated rings. The molecule has 29 heavy (non-hydrogen) atoms. The van der Waals surface area contributed by atoms with Crippen LogP contribution in [0, 0.1) is 20.8 Å². The maximum atomic E-state index is 10.8. The predicted octanol–water partition coefficient (Wildman–Crippen LogP) is 6.70. The zero-order valence-corrected chi connectivity index (χ0v) is 19.0. The summed E-state index contributed by atoms with van der Waals surface area (Å²) in [5, 5.41) is 12.0. The van der Waals surface area contributed by atoms with E-state index >= 15 is 0 Å². The van der Waals surface area contributed by atoms with Gasteiger partial charge in [0.05, 0.1) is 5.69 Å². The Bertz CT molecular complexity index is 1030. The summed E-state index contributed by atoms with van der Waals surface area (Å²) < 4.78 is 0. The fraction of sp³-hybridized carbons (Fsp3) is 0.269. The van der Waals surface area contributed by atoms with Crippen LogP contribution in [0.25, 0.3) is 0 Å². The lowest BCUT2D eigenvalue weighted by atomic mass is 9.93. The summed E-state index contributed by atoms with van der Waals surface area (Å²) >= 11 is 0. The van der Waals surface area contributed by atoms with Gasteiger partial charge in [-0.15, -0.1) is 0 Å². The van der Waals surface area contributed by atoms with Gasteiger partial charge < -0.3 is 5.11 Å². The van der Waals surface area contributed by atoms with Gasteiger partial charge in [-0.05, 0) is 55.8 Å². The third kappa shape index (κ3) is 4.77. The topological polar surface area (TPSA) is 32.6 Å². The summed E-state index contributed by atoms with van der Waals surface area (Å²) in [5.41, 5.74) is 6.55. The average Bonchev–Trinajstić information content (AvgIpc) is 2.71. The standard InChI is InChI=1S/C26H30NOP/c1-6-26(5,23-16-18(2)15-20(4)24(23)28)29-25-19(3)11-10-12-21(25)17-27-22-13-8-7-9-14-22/h7-17,28-29H,6H2,1-5H3/b27-17+. The second-order valence-corrected chi connectivity index (χ2v) is 9.78. The SMILES string of the molecule is CCC(C)(Pc1c(C)cccc1/C=N/c1ccccc1)c1cc(C)cc(C)c1O. The molecular formula is C26H30NOP. The van der Waals surface area contributed by atoms with Crippen LogP contribution in [0.15, 0.2) is 65.7 Å². The first kappa shape index (κ1) is 21.3. The lowest BCUT2D eigenvalue weighted by Crippen LogP contribution is -2.22. The molecule has 0 bridgehead atoms. The maximum absolute atomic E-state index is 10.8. The van der Waals surface area contributed by atoms with Crippen molar-refractivity contribution in [2.24, 2.45) is 4.99 Å². The number of aryl methyl sites for hydroxylation is 3. The van der Waals surface area contributed by atoms with E-state index in [0.29, 0.717) is 14.3 Å². The number of phenols is 1. The molecule has 0 aromatic heterocycles. The van der Waals surface area contributed by atoms with Gasteiger partial charge in [0, 0.05) is 22.5 Å². The summed E-state index contributed by atoms with van der Waals surface area (Å²) in [6, 6.07) is 20.6. The second-order valence-electron chi connectivity index (χ2n) is 7.92. The van der Waals surface area contributed by atoms with Crippen molar-refractivity contribution in [2.75, 3.05) is 0 Å². The molecule has 2 nitrogen and oxygen atoms in total. The van der Waals surface area contributed by atoms with E-state index in [2.05, 4.69) is 57.0 Å². The predicted molar refractivity (Wildman–Crippen MR) is 128 cm³/mol. The lowest BCUT2D eigenvalue weighted by Gasteiger charge is -2.32. The van der Waals surface area contributed by atoms with Crippen molar-refractivity contribution in [3.63, 3.8) is 0 Å². The first-order valence-corrected chi connectivity index (χ1v) is 11.1. The number of aromatic hydroxyl groups is 1. The molecule has 0 amide bonds. The van der Waals surface area contributed by atoms with Crippen molar-refractivity contribution in [1.82, 2.24) is 0 Å². The Hall–Kier alpha value is -2.44. The Morgan fingerprint density at radius 2 is 1.69 bits per heavy atom. The smallest absolute Gasteiger partial charge is 0.122 e. The number of aliphatic imine (C=N–C) groups is 1. The normalized spacial score (nSPS) is 14.0. The van der Waals surface area contributed by atoms with E-state index in [-0.39, 0.29) is 5.16 Å². The van der Waals surface area contributed by atoms with Crippen LogP contribution in [0.5, 0.6) is 5.75 Å². The van der Waals surface area contributed by atoms with Gasteiger partial charge >= 0.3 is 0 Å². The molecule has 150 valence electrons. The number of rotatable bonds is 6. The Morgan fingerprint density at radius 1 is 0.966 bits per heavy atom. The summed E-state index contributed by atoms with van der Waals surface area (Å²) in [6.45, 7) is 10.7. The van der Waals surface area contributed by atoms with Crippen molar-refractivity contribution in [2.45, 2.75) is 46.2 Å². The third-order valence-electron chi connectivity index (χ3n) is 5.56. The minimum absolute atomic E-state index is 0.137. The highest BCUT2D eigenvalue weighted by molar-refractivity contribution is 7.49. The van der Waals surface area contributed by atoms with E-state index in [1.807, 2.05) is 49.5 Å². The van der Waals surface area contributed by atoms with Gasteiger partial charge in [-0.2, -0.15) is 0 Å². The van der Waals surface area contributed by atoms with Crippen LogP contribution in [-0.4, -0.2) is 11.3 Å². The molecule has 3 heteroatoms. The molecule has 0 aliphatic carbocycles. The number of hydrogen-bond acceptors (Lipinski definition) is 2. The Balaban J connectivity index is 2.03. The second kappa shape index (κ2) is 8.93. The molecule has 1 N–H and O–H groups in total. The Morgan fingerprint density at radius 3 is 2.38 bits per heavy atom. The molecule has 0 aliphatic rings. The summed E-state index contributed by atoms with van der Waals surface area (Å²) in [6.07, 6.45) is 2.92. The number of para-hydroxylation sites is 1. The first-order chi connectivity index (χ1) is 13.8. The van der Waals surface area contributed by atoms with Crippen LogP contribution in [0.1, 0.15) is 48.1 Å². The minimum atomic E-state index is -0.137. The summed E-state index contributed by atoms with van der Waals surface area (Å²) in [7, 11) is 0.529. The van der Waals surface area contributed by atoms with Gasteiger partial charge in [-0.3, -0.25) is 4.99 Å². The van der Waals surface area contributed by atoms with Gasteiger partial charge in [0.1, 0.15) is 5.75 Å². The number of phenolic OH excluding ortho intramolecular Hbond substituents is 1. The molecular weight excluding hydrogens is 373 g/mol. The molecule has 3 aromatic carbocycles. The first-order valence-electron chi connectivity index (χ1n) is 10.1. The highest BCUT2D eigenvalue weighted by atomic mass is 31.1.